The molecule has 0 spiro atoms. The van der Waals surface area contributed by atoms with E-state index in [1.165, 1.54) is 10.5 Å². The van der Waals surface area contributed by atoms with Gasteiger partial charge >= 0.3 is 0 Å². The second-order valence-corrected chi connectivity index (χ2v) is 7.50. The molecule has 25 heavy (non-hydrogen) atoms. The number of likely N-dealkylation sites (tertiary alicyclic amines) is 1. The van der Waals surface area contributed by atoms with Crippen molar-refractivity contribution in [1.29, 1.82) is 0 Å². The Morgan fingerprint density at radius 1 is 1.00 bits per heavy atom. The highest BCUT2D eigenvalue weighted by atomic mass is 16.2. The van der Waals surface area contributed by atoms with Crippen molar-refractivity contribution in [3.05, 3.63) is 35.9 Å². The van der Waals surface area contributed by atoms with Crippen LogP contribution >= 0.6 is 0 Å². The summed E-state index contributed by atoms with van der Waals surface area (Å²) in [6.07, 6.45) is 4.85. The van der Waals surface area contributed by atoms with Gasteiger partial charge in [0.1, 0.15) is 0 Å². The minimum absolute atomic E-state index is 0.0592. The summed E-state index contributed by atoms with van der Waals surface area (Å²) in [4.78, 5) is 38.3. The molecular formula is C20H24N2O3. The number of hydrogen-bond donors (Lipinski definition) is 1. The molecule has 2 aliphatic carbocycles. The lowest BCUT2D eigenvalue weighted by atomic mass is 9.81. The SMILES string of the molecule is O=C(CCN1C(=O)[C@H]2CCCC[C@H]2C1=O)N[C@H]1C[C@H]1c1ccccc1. The fourth-order valence-electron chi connectivity index (χ4n) is 4.37. The van der Waals surface area contributed by atoms with Crippen LogP contribution in [0.25, 0.3) is 0 Å². The molecular weight excluding hydrogens is 316 g/mol. The number of nitrogens with zero attached hydrogens (tertiary/aromatic N) is 1. The molecule has 1 saturated heterocycles. The van der Waals surface area contributed by atoms with E-state index in [9.17, 15) is 14.4 Å². The van der Waals surface area contributed by atoms with Gasteiger partial charge in [-0.2, -0.15) is 0 Å². The first-order valence-corrected chi connectivity index (χ1v) is 9.34. The lowest BCUT2D eigenvalue weighted by Gasteiger charge is -2.19. The Hall–Kier alpha value is -2.17. The number of rotatable bonds is 5. The Labute approximate surface area is 147 Å². The summed E-state index contributed by atoms with van der Waals surface area (Å²) >= 11 is 0. The average Bonchev–Trinajstić information content (AvgIpc) is 3.36. The largest absolute Gasteiger partial charge is 0.353 e. The third-order valence-corrected chi connectivity index (χ3v) is 5.86. The highest BCUT2D eigenvalue weighted by Gasteiger charge is 2.48. The summed E-state index contributed by atoms with van der Waals surface area (Å²) in [5.74, 6) is -0.0560. The summed E-state index contributed by atoms with van der Waals surface area (Å²) in [5, 5.41) is 3.03. The van der Waals surface area contributed by atoms with E-state index in [1.807, 2.05) is 18.2 Å². The van der Waals surface area contributed by atoms with Gasteiger partial charge in [0.25, 0.3) is 0 Å². The molecule has 0 bridgehead atoms. The number of carbonyl (C=O) groups excluding carboxylic acids is 3. The Bertz CT molecular complexity index is 663. The smallest absolute Gasteiger partial charge is 0.233 e. The highest BCUT2D eigenvalue weighted by Crippen LogP contribution is 2.41. The van der Waals surface area contributed by atoms with Crippen molar-refractivity contribution in [1.82, 2.24) is 10.2 Å². The van der Waals surface area contributed by atoms with Crippen molar-refractivity contribution in [3.63, 3.8) is 0 Å². The number of amides is 3. The van der Waals surface area contributed by atoms with E-state index < -0.39 is 0 Å². The lowest BCUT2D eigenvalue weighted by molar-refractivity contribution is -0.140. The van der Waals surface area contributed by atoms with Crippen molar-refractivity contribution < 1.29 is 14.4 Å². The number of imide groups is 1. The number of fused-ring (bicyclic) bond motifs is 1. The van der Waals surface area contributed by atoms with Crippen molar-refractivity contribution >= 4 is 17.7 Å². The summed E-state index contributed by atoms with van der Waals surface area (Å²) in [7, 11) is 0. The van der Waals surface area contributed by atoms with Gasteiger partial charge < -0.3 is 5.32 Å². The summed E-state index contributed by atoms with van der Waals surface area (Å²) in [6, 6.07) is 10.4. The Morgan fingerprint density at radius 3 is 2.28 bits per heavy atom. The van der Waals surface area contributed by atoms with Gasteiger partial charge in [0.05, 0.1) is 11.8 Å². The fraction of sp³-hybridized carbons (Fsp3) is 0.550. The maximum atomic E-state index is 12.4. The molecule has 0 aromatic heterocycles. The van der Waals surface area contributed by atoms with Gasteiger partial charge in [-0.25, -0.2) is 0 Å². The minimum atomic E-state index is -0.129. The van der Waals surface area contributed by atoms with Crippen LogP contribution in [0.5, 0.6) is 0 Å². The number of hydrogen-bond acceptors (Lipinski definition) is 3. The minimum Gasteiger partial charge on any atom is -0.353 e. The van der Waals surface area contributed by atoms with Gasteiger partial charge in [0.15, 0.2) is 0 Å². The molecule has 3 fully saturated rings. The quantitative estimate of drug-likeness (QED) is 0.836. The summed E-state index contributed by atoms with van der Waals surface area (Å²) in [6.45, 7) is 0.221. The first-order valence-electron chi connectivity index (χ1n) is 9.34. The second-order valence-electron chi connectivity index (χ2n) is 7.50. The van der Waals surface area contributed by atoms with Gasteiger partial charge in [0, 0.05) is 24.9 Å². The Kier molecular flexibility index (Phi) is 4.32. The summed E-state index contributed by atoms with van der Waals surface area (Å²) in [5.41, 5.74) is 1.25. The molecule has 1 aliphatic heterocycles. The predicted molar refractivity (Wildman–Crippen MR) is 92.5 cm³/mol. The van der Waals surface area contributed by atoms with E-state index in [1.54, 1.807) is 0 Å². The monoisotopic (exact) mass is 340 g/mol. The van der Waals surface area contributed by atoms with Crippen LogP contribution in [-0.2, 0) is 14.4 Å². The lowest BCUT2D eigenvalue weighted by Crippen LogP contribution is -2.36. The fourth-order valence-corrected chi connectivity index (χ4v) is 4.37. The van der Waals surface area contributed by atoms with E-state index in [2.05, 4.69) is 17.4 Å². The predicted octanol–water partition coefficient (Wildman–Crippen LogP) is 2.22. The topological polar surface area (TPSA) is 66.5 Å². The first-order chi connectivity index (χ1) is 12.1. The van der Waals surface area contributed by atoms with Gasteiger partial charge in [-0.15, -0.1) is 0 Å². The molecule has 1 heterocycles. The Morgan fingerprint density at radius 2 is 1.64 bits per heavy atom. The van der Waals surface area contributed by atoms with E-state index in [0.29, 0.717) is 5.92 Å². The molecule has 1 aromatic rings. The maximum absolute atomic E-state index is 12.4. The van der Waals surface area contributed by atoms with Crippen LogP contribution in [0.15, 0.2) is 30.3 Å². The molecule has 132 valence electrons. The number of carbonyl (C=O) groups is 3. The first kappa shape index (κ1) is 16.3. The van der Waals surface area contributed by atoms with Gasteiger partial charge in [-0.1, -0.05) is 43.2 Å². The normalized spacial score (nSPS) is 31.0. The average molecular weight is 340 g/mol. The molecule has 0 radical (unpaired) electrons. The van der Waals surface area contributed by atoms with Gasteiger partial charge in [-0.05, 0) is 24.8 Å². The highest BCUT2D eigenvalue weighted by molar-refractivity contribution is 6.05. The van der Waals surface area contributed by atoms with Gasteiger partial charge in [-0.3, -0.25) is 19.3 Å². The molecule has 1 aromatic carbocycles. The molecule has 4 rings (SSSR count). The second kappa shape index (κ2) is 6.62. The van der Waals surface area contributed by atoms with Crippen molar-refractivity contribution in [2.75, 3.05) is 6.54 Å². The van der Waals surface area contributed by atoms with Crippen LogP contribution < -0.4 is 5.32 Å². The molecule has 5 nitrogen and oxygen atoms in total. The van der Waals surface area contributed by atoms with E-state index in [4.69, 9.17) is 0 Å². The van der Waals surface area contributed by atoms with Crippen LogP contribution in [0.2, 0.25) is 0 Å². The van der Waals surface area contributed by atoms with E-state index in [0.717, 1.165) is 32.1 Å². The third-order valence-electron chi connectivity index (χ3n) is 5.86. The van der Waals surface area contributed by atoms with Crippen LogP contribution in [-0.4, -0.2) is 35.2 Å². The molecule has 1 N–H and O–H groups in total. The maximum Gasteiger partial charge on any atom is 0.233 e. The van der Waals surface area contributed by atoms with E-state index >= 15 is 0 Å². The summed E-state index contributed by atoms with van der Waals surface area (Å²) < 4.78 is 0. The zero-order valence-corrected chi connectivity index (χ0v) is 14.3. The van der Waals surface area contributed by atoms with Crippen LogP contribution in [0.4, 0.5) is 0 Å². The van der Waals surface area contributed by atoms with Crippen LogP contribution in [0, 0.1) is 11.8 Å². The molecule has 5 heteroatoms. The zero-order chi connectivity index (χ0) is 17.4. The molecule has 3 amide bonds. The van der Waals surface area contributed by atoms with Crippen molar-refractivity contribution in [2.45, 2.75) is 50.5 Å². The molecule has 2 saturated carbocycles. The molecule has 3 aliphatic rings. The van der Waals surface area contributed by atoms with Crippen molar-refractivity contribution in [3.8, 4) is 0 Å². The Balaban J connectivity index is 1.27. The van der Waals surface area contributed by atoms with Crippen LogP contribution in [0.3, 0.4) is 0 Å². The van der Waals surface area contributed by atoms with Crippen molar-refractivity contribution in [2.24, 2.45) is 11.8 Å². The number of benzene rings is 1. The molecule has 4 atom stereocenters. The number of nitrogens with one attached hydrogen (secondary N) is 1. The standard InChI is InChI=1S/C20H24N2O3/c23-18(21-17-12-16(17)13-6-2-1-3-7-13)10-11-22-19(24)14-8-4-5-9-15(14)20(22)25/h1-3,6-7,14-17H,4-5,8-12H2,(H,21,23)/t14-,15+,16-,17-/m0/s1. The third kappa shape index (κ3) is 3.20. The van der Waals surface area contributed by atoms with E-state index in [-0.39, 0.29) is 48.6 Å². The molecule has 0 unspecified atom stereocenters. The van der Waals surface area contributed by atoms with Crippen LogP contribution in [0.1, 0.15) is 50.0 Å². The van der Waals surface area contributed by atoms with Gasteiger partial charge in [0.2, 0.25) is 17.7 Å². The zero-order valence-electron chi connectivity index (χ0n) is 14.3.